The molecule has 2 aromatic heterocycles. The third kappa shape index (κ3) is 3.07. The number of anilines is 1. The molecule has 6 nitrogen and oxygen atoms in total. The fraction of sp³-hybridized carbons (Fsp3) is 0.500. The van der Waals surface area contributed by atoms with Crippen molar-refractivity contribution in [2.45, 2.75) is 46.7 Å². The van der Waals surface area contributed by atoms with Crippen molar-refractivity contribution in [1.82, 2.24) is 19.3 Å². The van der Waals surface area contributed by atoms with Crippen LogP contribution in [0.5, 0.6) is 0 Å². The fourth-order valence-electron chi connectivity index (χ4n) is 2.14. The van der Waals surface area contributed by atoms with Crippen LogP contribution in [0.4, 0.5) is 5.82 Å². The van der Waals surface area contributed by atoms with E-state index in [1.54, 1.807) is 6.20 Å². The van der Waals surface area contributed by atoms with Crippen LogP contribution in [0.25, 0.3) is 0 Å². The summed E-state index contributed by atoms with van der Waals surface area (Å²) in [4.78, 5) is 16.3. The molecule has 20 heavy (non-hydrogen) atoms. The Morgan fingerprint density at radius 2 is 2.20 bits per heavy atom. The number of nitrogens with one attached hydrogen (secondary N) is 1. The first kappa shape index (κ1) is 14.3. The zero-order valence-corrected chi connectivity index (χ0v) is 12.4. The van der Waals surface area contributed by atoms with Crippen molar-refractivity contribution in [3.05, 3.63) is 30.0 Å². The molecule has 0 bridgehead atoms. The van der Waals surface area contributed by atoms with E-state index < -0.39 is 0 Å². The topological polar surface area (TPSA) is 64.7 Å². The van der Waals surface area contributed by atoms with Gasteiger partial charge in [-0.05, 0) is 20.8 Å². The Labute approximate surface area is 118 Å². The molecule has 108 valence electrons. The smallest absolute Gasteiger partial charge is 0.245 e. The lowest BCUT2D eigenvalue weighted by molar-refractivity contribution is -0.116. The average Bonchev–Trinajstić information content (AvgIpc) is 2.95. The van der Waals surface area contributed by atoms with E-state index in [0.717, 1.165) is 23.8 Å². The number of carbonyl (C=O) groups excluding carboxylic acids is 1. The van der Waals surface area contributed by atoms with Gasteiger partial charge in [-0.15, -0.1) is 0 Å². The molecule has 6 heteroatoms. The molecule has 0 unspecified atom stereocenters. The number of aromatic nitrogens is 4. The summed E-state index contributed by atoms with van der Waals surface area (Å²) in [6.45, 7) is 8.28. The SMILES string of the molecule is CCc1nccn1CC(=O)Nc1cc(C)nn1C(C)C. The van der Waals surface area contributed by atoms with Crippen LogP contribution in [0.2, 0.25) is 0 Å². The summed E-state index contributed by atoms with van der Waals surface area (Å²) in [5.41, 5.74) is 0.894. The average molecular weight is 275 g/mol. The second-order valence-electron chi connectivity index (χ2n) is 5.08. The molecule has 2 heterocycles. The number of nitrogens with zero attached hydrogens (tertiary/aromatic N) is 4. The normalized spacial score (nSPS) is 11.1. The Morgan fingerprint density at radius 3 is 2.85 bits per heavy atom. The molecule has 0 spiro atoms. The Hall–Kier alpha value is -2.11. The van der Waals surface area contributed by atoms with Crippen LogP contribution in [-0.4, -0.2) is 25.2 Å². The summed E-state index contributed by atoms with van der Waals surface area (Å²) in [7, 11) is 0. The van der Waals surface area contributed by atoms with E-state index in [1.807, 2.05) is 49.2 Å². The monoisotopic (exact) mass is 275 g/mol. The van der Waals surface area contributed by atoms with Crippen molar-refractivity contribution in [3.63, 3.8) is 0 Å². The Bertz CT molecular complexity index is 596. The number of carbonyl (C=O) groups is 1. The van der Waals surface area contributed by atoms with Gasteiger partial charge in [-0.1, -0.05) is 6.92 Å². The zero-order valence-electron chi connectivity index (χ0n) is 12.4. The van der Waals surface area contributed by atoms with Gasteiger partial charge in [0.05, 0.1) is 5.69 Å². The Balaban J connectivity index is 2.09. The van der Waals surface area contributed by atoms with Crippen LogP contribution in [0.1, 0.15) is 38.3 Å². The Morgan fingerprint density at radius 1 is 1.45 bits per heavy atom. The van der Waals surface area contributed by atoms with Gasteiger partial charge in [-0.25, -0.2) is 9.67 Å². The number of hydrogen-bond acceptors (Lipinski definition) is 3. The third-order valence-corrected chi connectivity index (χ3v) is 3.05. The van der Waals surface area contributed by atoms with Crippen LogP contribution in [0.15, 0.2) is 18.5 Å². The van der Waals surface area contributed by atoms with Gasteiger partial charge < -0.3 is 9.88 Å². The van der Waals surface area contributed by atoms with Crippen molar-refractivity contribution in [2.24, 2.45) is 0 Å². The number of hydrogen-bond donors (Lipinski definition) is 1. The van der Waals surface area contributed by atoms with Gasteiger partial charge in [-0.3, -0.25) is 4.79 Å². The number of aryl methyl sites for hydroxylation is 2. The molecule has 0 atom stereocenters. The van der Waals surface area contributed by atoms with Crippen molar-refractivity contribution >= 4 is 11.7 Å². The minimum Gasteiger partial charge on any atom is -0.326 e. The van der Waals surface area contributed by atoms with Gasteiger partial charge in [0.15, 0.2) is 0 Å². The molecule has 0 saturated heterocycles. The van der Waals surface area contributed by atoms with Crippen molar-refractivity contribution in [1.29, 1.82) is 0 Å². The van der Waals surface area contributed by atoms with E-state index >= 15 is 0 Å². The molecule has 0 radical (unpaired) electrons. The third-order valence-electron chi connectivity index (χ3n) is 3.05. The summed E-state index contributed by atoms with van der Waals surface area (Å²) < 4.78 is 3.68. The van der Waals surface area contributed by atoms with E-state index in [9.17, 15) is 4.79 Å². The maximum atomic E-state index is 12.1. The predicted molar refractivity (Wildman–Crippen MR) is 77.6 cm³/mol. The van der Waals surface area contributed by atoms with E-state index in [0.29, 0.717) is 0 Å². The summed E-state index contributed by atoms with van der Waals surface area (Å²) in [6.07, 6.45) is 4.35. The van der Waals surface area contributed by atoms with Gasteiger partial charge in [-0.2, -0.15) is 5.10 Å². The lowest BCUT2D eigenvalue weighted by atomic mass is 10.4. The van der Waals surface area contributed by atoms with Crippen LogP contribution in [0, 0.1) is 6.92 Å². The lowest BCUT2D eigenvalue weighted by Gasteiger charge is -2.12. The largest absolute Gasteiger partial charge is 0.326 e. The first-order valence-electron chi connectivity index (χ1n) is 6.87. The molecule has 0 aliphatic rings. The van der Waals surface area contributed by atoms with E-state index in [2.05, 4.69) is 15.4 Å². The van der Waals surface area contributed by atoms with Crippen molar-refractivity contribution < 1.29 is 4.79 Å². The fourth-order valence-corrected chi connectivity index (χ4v) is 2.14. The predicted octanol–water partition coefficient (Wildman–Crippen LogP) is 2.17. The van der Waals surface area contributed by atoms with E-state index in [1.165, 1.54) is 0 Å². The number of imidazole rings is 1. The second kappa shape index (κ2) is 5.90. The van der Waals surface area contributed by atoms with Gasteiger partial charge in [0.1, 0.15) is 18.2 Å². The first-order chi connectivity index (χ1) is 9.51. The van der Waals surface area contributed by atoms with Crippen LogP contribution in [-0.2, 0) is 17.8 Å². The molecule has 0 saturated carbocycles. The van der Waals surface area contributed by atoms with Gasteiger partial charge in [0.2, 0.25) is 5.91 Å². The maximum Gasteiger partial charge on any atom is 0.245 e. The minimum atomic E-state index is -0.0699. The molecular weight excluding hydrogens is 254 g/mol. The van der Waals surface area contributed by atoms with Crippen molar-refractivity contribution in [2.75, 3.05) is 5.32 Å². The van der Waals surface area contributed by atoms with Crippen LogP contribution in [0.3, 0.4) is 0 Å². The summed E-state index contributed by atoms with van der Waals surface area (Å²) in [5.74, 6) is 1.58. The molecule has 2 aromatic rings. The molecule has 1 N–H and O–H groups in total. The summed E-state index contributed by atoms with van der Waals surface area (Å²) in [5, 5.41) is 7.29. The highest BCUT2D eigenvalue weighted by Crippen LogP contribution is 2.16. The highest BCUT2D eigenvalue weighted by atomic mass is 16.2. The van der Waals surface area contributed by atoms with Crippen LogP contribution < -0.4 is 5.32 Å². The van der Waals surface area contributed by atoms with Crippen LogP contribution >= 0.6 is 0 Å². The molecule has 0 fully saturated rings. The van der Waals surface area contributed by atoms with Crippen molar-refractivity contribution in [3.8, 4) is 0 Å². The zero-order chi connectivity index (χ0) is 14.7. The standard InChI is InChI=1S/C14H21N5O/c1-5-12-15-6-7-18(12)9-14(20)16-13-8-11(4)17-19(13)10(2)3/h6-8,10H,5,9H2,1-4H3,(H,16,20). The van der Waals surface area contributed by atoms with E-state index in [4.69, 9.17) is 0 Å². The Kier molecular flexibility index (Phi) is 4.22. The molecule has 1 amide bonds. The minimum absolute atomic E-state index is 0.0699. The maximum absolute atomic E-state index is 12.1. The molecular formula is C14H21N5O. The second-order valence-corrected chi connectivity index (χ2v) is 5.08. The lowest BCUT2D eigenvalue weighted by Crippen LogP contribution is -2.22. The number of rotatable bonds is 5. The van der Waals surface area contributed by atoms with Gasteiger partial charge in [0.25, 0.3) is 0 Å². The highest BCUT2D eigenvalue weighted by molar-refractivity contribution is 5.89. The molecule has 0 aliphatic heterocycles. The molecule has 0 aliphatic carbocycles. The van der Waals surface area contributed by atoms with Gasteiger partial charge >= 0.3 is 0 Å². The molecule has 0 aromatic carbocycles. The summed E-state index contributed by atoms with van der Waals surface area (Å²) >= 11 is 0. The van der Waals surface area contributed by atoms with Gasteiger partial charge in [0, 0.05) is 30.9 Å². The summed E-state index contributed by atoms with van der Waals surface area (Å²) in [6, 6.07) is 2.09. The highest BCUT2D eigenvalue weighted by Gasteiger charge is 2.12. The quantitative estimate of drug-likeness (QED) is 0.909. The van der Waals surface area contributed by atoms with E-state index in [-0.39, 0.29) is 18.5 Å². The number of amides is 1. The molecule has 2 rings (SSSR count). The first-order valence-corrected chi connectivity index (χ1v) is 6.87.